The molecule has 0 atom stereocenters. The van der Waals surface area contributed by atoms with Gasteiger partial charge in [-0.15, -0.1) is 0 Å². The van der Waals surface area contributed by atoms with Crippen molar-refractivity contribution in [2.45, 2.75) is 20.4 Å². The largest absolute Gasteiger partial charge is 0.347 e. The minimum absolute atomic E-state index is 0.269. The highest BCUT2D eigenvalue weighted by Gasteiger charge is 2.09. The Morgan fingerprint density at radius 1 is 1.00 bits per heavy atom. The van der Waals surface area contributed by atoms with Gasteiger partial charge in [0, 0.05) is 17.3 Å². The smallest absolute Gasteiger partial charge is 0.271 e. The van der Waals surface area contributed by atoms with Crippen molar-refractivity contribution in [1.82, 2.24) is 15.3 Å². The lowest BCUT2D eigenvalue weighted by Gasteiger charge is -2.12. The van der Waals surface area contributed by atoms with Gasteiger partial charge >= 0.3 is 0 Å². The molecule has 0 radical (unpaired) electrons. The van der Waals surface area contributed by atoms with Crippen molar-refractivity contribution in [3.63, 3.8) is 0 Å². The van der Waals surface area contributed by atoms with Gasteiger partial charge in [0.25, 0.3) is 5.91 Å². The summed E-state index contributed by atoms with van der Waals surface area (Å²) in [5, 5.41) is 6.73. The van der Waals surface area contributed by atoms with Gasteiger partial charge in [0.05, 0.1) is 12.4 Å². The zero-order valence-electron chi connectivity index (χ0n) is 14.6. The van der Waals surface area contributed by atoms with Gasteiger partial charge in [0.2, 0.25) is 0 Å². The Kier molecular flexibility index (Phi) is 5.49. The van der Waals surface area contributed by atoms with Crippen LogP contribution in [-0.2, 0) is 6.54 Å². The van der Waals surface area contributed by atoms with Crippen LogP contribution in [-0.4, -0.2) is 15.9 Å². The number of nitrogens with one attached hydrogen (secondary N) is 2. The molecule has 26 heavy (non-hydrogen) atoms. The molecule has 0 fully saturated rings. The molecule has 0 saturated carbocycles. The van der Waals surface area contributed by atoms with Crippen LogP contribution in [0.2, 0.25) is 5.02 Å². The molecule has 132 valence electrons. The maximum absolute atomic E-state index is 12.2. The Hall–Kier alpha value is -2.92. The van der Waals surface area contributed by atoms with Crippen LogP contribution < -0.4 is 10.6 Å². The van der Waals surface area contributed by atoms with E-state index in [-0.39, 0.29) is 11.6 Å². The lowest BCUT2D eigenvalue weighted by Crippen LogP contribution is -2.24. The molecule has 0 aliphatic heterocycles. The van der Waals surface area contributed by atoms with Crippen LogP contribution in [0.4, 0.5) is 11.5 Å². The lowest BCUT2D eigenvalue weighted by molar-refractivity contribution is 0.0945. The SMILES string of the molecule is Cc1cccc(C)c1Nc1cnc(C(=O)NCc2ccc(Cl)cc2)cn1. The van der Waals surface area contributed by atoms with Crippen molar-refractivity contribution in [1.29, 1.82) is 0 Å². The zero-order valence-corrected chi connectivity index (χ0v) is 15.3. The Labute approximate surface area is 157 Å². The fourth-order valence-electron chi connectivity index (χ4n) is 2.52. The average molecular weight is 367 g/mol. The molecule has 6 heteroatoms. The van der Waals surface area contributed by atoms with Gasteiger partial charge in [-0.3, -0.25) is 4.79 Å². The Bertz CT molecular complexity index is 888. The van der Waals surface area contributed by atoms with E-state index in [0.717, 1.165) is 22.4 Å². The van der Waals surface area contributed by atoms with E-state index in [1.165, 1.54) is 6.20 Å². The van der Waals surface area contributed by atoms with Crippen molar-refractivity contribution in [3.05, 3.63) is 82.3 Å². The molecule has 0 unspecified atom stereocenters. The van der Waals surface area contributed by atoms with Crippen LogP contribution in [0.1, 0.15) is 27.2 Å². The standard InChI is InChI=1S/C20H19ClN4O/c1-13-4-3-5-14(2)19(13)25-18-12-22-17(11-23-18)20(26)24-10-15-6-8-16(21)9-7-15/h3-9,11-12H,10H2,1-2H3,(H,23,25)(H,24,26). The number of halogens is 1. The van der Waals surface area contributed by atoms with Crippen molar-refractivity contribution in [2.24, 2.45) is 0 Å². The summed E-state index contributed by atoms with van der Waals surface area (Å²) in [4.78, 5) is 20.7. The maximum atomic E-state index is 12.2. The van der Waals surface area contributed by atoms with E-state index in [9.17, 15) is 4.79 Å². The van der Waals surface area contributed by atoms with Crippen molar-refractivity contribution < 1.29 is 4.79 Å². The van der Waals surface area contributed by atoms with E-state index in [1.54, 1.807) is 18.3 Å². The minimum atomic E-state index is -0.272. The highest BCUT2D eigenvalue weighted by molar-refractivity contribution is 6.30. The fraction of sp³-hybridized carbons (Fsp3) is 0.150. The second kappa shape index (κ2) is 7.97. The molecule has 3 rings (SSSR count). The first-order valence-corrected chi connectivity index (χ1v) is 8.58. The molecule has 0 spiro atoms. The first-order chi connectivity index (χ1) is 12.5. The molecule has 2 aromatic carbocycles. The molecule has 3 aromatic rings. The van der Waals surface area contributed by atoms with E-state index < -0.39 is 0 Å². The summed E-state index contributed by atoms with van der Waals surface area (Å²) >= 11 is 5.85. The monoisotopic (exact) mass is 366 g/mol. The number of aromatic nitrogens is 2. The quantitative estimate of drug-likeness (QED) is 0.701. The molecule has 0 saturated heterocycles. The lowest BCUT2D eigenvalue weighted by atomic mass is 10.1. The number of anilines is 2. The summed E-state index contributed by atoms with van der Waals surface area (Å²) in [6, 6.07) is 13.4. The number of hydrogen-bond donors (Lipinski definition) is 2. The molecular formula is C20H19ClN4O. The third kappa shape index (κ3) is 4.37. The van der Waals surface area contributed by atoms with Gasteiger partial charge in [0.1, 0.15) is 11.5 Å². The molecule has 0 aliphatic rings. The molecule has 1 amide bonds. The van der Waals surface area contributed by atoms with Crippen molar-refractivity contribution in [2.75, 3.05) is 5.32 Å². The third-order valence-electron chi connectivity index (χ3n) is 3.99. The van der Waals surface area contributed by atoms with Crippen LogP contribution in [0.15, 0.2) is 54.9 Å². The Morgan fingerprint density at radius 3 is 2.31 bits per heavy atom. The van der Waals surface area contributed by atoms with E-state index in [4.69, 9.17) is 11.6 Å². The molecule has 0 bridgehead atoms. The van der Waals surface area contributed by atoms with Gasteiger partial charge in [-0.2, -0.15) is 0 Å². The summed E-state index contributed by atoms with van der Waals surface area (Å²) < 4.78 is 0. The number of carbonyl (C=O) groups is 1. The molecular weight excluding hydrogens is 348 g/mol. The van der Waals surface area contributed by atoms with Gasteiger partial charge in [-0.1, -0.05) is 41.9 Å². The van der Waals surface area contributed by atoms with Crippen molar-refractivity contribution >= 4 is 29.0 Å². The molecule has 1 aromatic heterocycles. The first-order valence-electron chi connectivity index (χ1n) is 8.21. The zero-order chi connectivity index (χ0) is 18.5. The number of carbonyl (C=O) groups excluding carboxylic acids is 1. The predicted octanol–water partition coefficient (Wildman–Crippen LogP) is 4.42. The predicted molar refractivity (Wildman–Crippen MR) is 104 cm³/mol. The summed E-state index contributed by atoms with van der Waals surface area (Å²) in [7, 11) is 0. The Balaban J connectivity index is 1.63. The van der Waals surface area contributed by atoms with Crippen LogP contribution >= 0.6 is 11.6 Å². The van der Waals surface area contributed by atoms with Crippen LogP contribution in [0.5, 0.6) is 0 Å². The average Bonchev–Trinajstić information content (AvgIpc) is 2.65. The summed E-state index contributed by atoms with van der Waals surface area (Å²) in [6.07, 6.45) is 3.02. The van der Waals surface area contributed by atoms with Gasteiger partial charge in [0.15, 0.2) is 0 Å². The summed E-state index contributed by atoms with van der Waals surface area (Å²) in [6.45, 7) is 4.46. The van der Waals surface area contributed by atoms with Gasteiger partial charge in [-0.25, -0.2) is 9.97 Å². The van der Waals surface area contributed by atoms with Crippen molar-refractivity contribution in [3.8, 4) is 0 Å². The second-order valence-corrected chi connectivity index (χ2v) is 6.42. The highest BCUT2D eigenvalue weighted by atomic mass is 35.5. The number of para-hydroxylation sites is 1. The number of hydrogen-bond acceptors (Lipinski definition) is 4. The number of nitrogens with zero attached hydrogens (tertiary/aromatic N) is 2. The van der Waals surface area contributed by atoms with E-state index >= 15 is 0 Å². The van der Waals surface area contributed by atoms with Crippen LogP contribution in [0.25, 0.3) is 0 Å². The Morgan fingerprint density at radius 2 is 1.69 bits per heavy atom. The summed E-state index contributed by atoms with van der Waals surface area (Å²) in [5.41, 5.74) is 4.48. The van der Waals surface area contributed by atoms with Crippen LogP contribution in [0.3, 0.4) is 0 Å². The number of benzene rings is 2. The normalized spacial score (nSPS) is 10.4. The summed E-state index contributed by atoms with van der Waals surface area (Å²) in [5.74, 6) is 0.322. The third-order valence-corrected chi connectivity index (χ3v) is 4.24. The van der Waals surface area contributed by atoms with Gasteiger partial charge in [-0.05, 0) is 42.7 Å². The fourth-order valence-corrected chi connectivity index (χ4v) is 2.65. The molecule has 5 nitrogen and oxygen atoms in total. The van der Waals surface area contributed by atoms with E-state index in [0.29, 0.717) is 17.4 Å². The minimum Gasteiger partial charge on any atom is -0.347 e. The van der Waals surface area contributed by atoms with E-state index in [2.05, 4.69) is 20.6 Å². The first kappa shape index (κ1) is 17.9. The number of rotatable bonds is 5. The topological polar surface area (TPSA) is 66.9 Å². The number of aryl methyl sites for hydroxylation is 2. The second-order valence-electron chi connectivity index (χ2n) is 5.99. The molecule has 1 heterocycles. The molecule has 0 aliphatic carbocycles. The maximum Gasteiger partial charge on any atom is 0.271 e. The van der Waals surface area contributed by atoms with E-state index in [1.807, 2.05) is 44.2 Å². The highest BCUT2D eigenvalue weighted by Crippen LogP contribution is 2.22. The number of amides is 1. The van der Waals surface area contributed by atoms with Crippen LogP contribution in [0, 0.1) is 13.8 Å². The van der Waals surface area contributed by atoms with Gasteiger partial charge < -0.3 is 10.6 Å². The molecule has 2 N–H and O–H groups in total.